The van der Waals surface area contributed by atoms with E-state index in [2.05, 4.69) is 14.8 Å². The second kappa shape index (κ2) is 7.34. The molecular formula is C17H10ClF6N3O. The van der Waals surface area contributed by atoms with Crippen molar-refractivity contribution in [2.24, 2.45) is 0 Å². The zero-order chi connectivity index (χ0) is 20.5. The highest BCUT2D eigenvalue weighted by Gasteiger charge is 2.32. The molecule has 0 radical (unpaired) electrons. The lowest BCUT2D eigenvalue weighted by atomic mass is 10.1. The monoisotopic (exact) mass is 421 g/mol. The highest BCUT2D eigenvalue weighted by Crippen LogP contribution is 2.32. The molecule has 0 atom stereocenters. The molecule has 0 unspecified atom stereocenters. The molecule has 0 fully saturated rings. The highest BCUT2D eigenvalue weighted by atomic mass is 35.5. The van der Waals surface area contributed by atoms with Gasteiger partial charge in [-0.15, -0.1) is 29.9 Å². The maximum absolute atomic E-state index is 13.0. The van der Waals surface area contributed by atoms with Gasteiger partial charge in [-0.1, -0.05) is 6.07 Å². The largest absolute Gasteiger partial charge is 0.573 e. The van der Waals surface area contributed by atoms with Gasteiger partial charge in [0.2, 0.25) is 0 Å². The molecule has 0 bridgehead atoms. The summed E-state index contributed by atoms with van der Waals surface area (Å²) in [5.74, 6) is -0.286. The van der Waals surface area contributed by atoms with Crippen LogP contribution in [-0.4, -0.2) is 21.1 Å². The van der Waals surface area contributed by atoms with Crippen LogP contribution in [0.2, 0.25) is 0 Å². The quantitative estimate of drug-likeness (QED) is 0.407. The van der Waals surface area contributed by atoms with Gasteiger partial charge >= 0.3 is 12.5 Å². The molecule has 0 saturated carbocycles. The predicted molar refractivity (Wildman–Crippen MR) is 88.0 cm³/mol. The summed E-state index contributed by atoms with van der Waals surface area (Å²) < 4.78 is 80.7. The minimum Gasteiger partial charge on any atom is -0.406 e. The SMILES string of the molecule is FC(F)(F)Oc1ccc(-c2nc(CCl)nn2-c2cccc(C(F)(F)F)c2)cc1. The Labute approximate surface area is 159 Å². The maximum atomic E-state index is 13.0. The first-order valence-electron chi connectivity index (χ1n) is 7.62. The van der Waals surface area contributed by atoms with Crippen molar-refractivity contribution < 1.29 is 31.1 Å². The van der Waals surface area contributed by atoms with Gasteiger partial charge in [-0.05, 0) is 42.5 Å². The van der Waals surface area contributed by atoms with Crippen LogP contribution in [0.3, 0.4) is 0 Å². The number of hydrogen-bond donors (Lipinski definition) is 0. The number of aromatic nitrogens is 3. The first-order chi connectivity index (χ1) is 13.1. The Hall–Kier alpha value is -2.75. The smallest absolute Gasteiger partial charge is 0.406 e. The van der Waals surface area contributed by atoms with Gasteiger partial charge in [0, 0.05) is 5.56 Å². The van der Waals surface area contributed by atoms with E-state index >= 15 is 0 Å². The summed E-state index contributed by atoms with van der Waals surface area (Å²) in [5.41, 5.74) is -0.493. The molecule has 28 heavy (non-hydrogen) atoms. The molecule has 0 aliphatic heterocycles. The van der Waals surface area contributed by atoms with Crippen molar-refractivity contribution >= 4 is 11.6 Å². The van der Waals surface area contributed by atoms with Crippen LogP contribution < -0.4 is 4.74 Å². The van der Waals surface area contributed by atoms with E-state index in [1.54, 1.807) is 0 Å². The topological polar surface area (TPSA) is 39.9 Å². The second-order valence-electron chi connectivity index (χ2n) is 5.52. The molecule has 3 aromatic rings. The molecule has 0 saturated heterocycles. The van der Waals surface area contributed by atoms with Crippen molar-refractivity contribution in [2.45, 2.75) is 18.4 Å². The molecule has 0 amide bonds. The maximum Gasteiger partial charge on any atom is 0.573 e. The van der Waals surface area contributed by atoms with Gasteiger partial charge in [0.1, 0.15) is 5.75 Å². The Morgan fingerprint density at radius 3 is 2.21 bits per heavy atom. The predicted octanol–water partition coefficient (Wildman–Crippen LogP) is 5.59. The van der Waals surface area contributed by atoms with Crippen molar-refractivity contribution in [3.63, 3.8) is 0 Å². The molecule has 4 nitrogen and oxygen atoms in total. The zero-order valence-corrected chi connectivity index (χ0v) is 14.5. The normalized spacial score (nSPS) is 12.2. The summed E-state index contributed by atoms with van der Waals surface area (Å²) in [6.07, 6.45) is -9.39. The fourth-order valence-corrected chi connectivity index (χ4v) is 2.51. The van der Waals surface area contributed by atoms with E-state index in [1.165, 1.54) is 24.3 Å². The molecular weight excluding hydrogens is 412 g/mol. The van der Waals surface area contributed by atoms with E-state index in [1.807, 2.05) is 0 Å². The first kappa shape index (κ1) is 20.0. The number of alkyl halides is 7. The molecule has 2 aromatic carbocycles. The molecule has 0 aliphatic carbocycles. The van der Waals surface area contributed by atoms with Crippen molar-refractivity contribution in [2.75, 3.05) is 0 Å². The van der Waals surface area contributed by atoms with Crippen molar-refractivity contribution in [3.05, 3.63) is 59.9 Å². The van der Waals surface area contributed by atoms with E-state index in [-0.39, 0.29) is 23.2 Å². The van der Waals surface area contributed by atoms with E-state index in [9.17, 15) is 26.3 Å². The summed E-state index contributed by atoms with van der Waals surface area (Å²) >= 11 is 5.73. The van der Waals surface area contributed by atoms with Crippen molar-refractivity contribution in [3.8, 4) is 22.8 Å². The Morgan fingerprint density at radius 2 is 1.64 bits per heavy atom. The lowest BCUT2D eigenvalue weighted by Gasteiger charge is -2.11. The summed E-state index contributed by atoms with van der Waals surface area (Å²) in [6.45, 7) is 0. The minimum absolute atomic E-state index is 0.0734. The van der Waals surface area contributed by atoms with E-state index in [0.29, 0.717) is 5.56 Å². The van der Waals surface area contributed by atoms with Gasteiger partial charge in [0.05, 0.1) is 17.1 Å². The van der Waals surface area contributed by atoms with Crippen molar-refractivity contribution in [1.29, 1.82) is 0 Å². The van der Waals surface area contributed by atoms with E-state index in [4.69, 9.17) is 11.6 Å². The van der Waals surface area contributed by atoms with Crippen LogP contribution >= 0.6 is 11.6 Å². The van der Waals surface area contributed by atoms with Crippen LogP contribution in [-0.2, 0) is 12.1 Å². The van der Waals surface area contributed by atoms with Gasteiger partial charge in [-0.25, -0.2) is 9.67 Å². The van der Waals surface area contributed by atoms with Gasteiger partial charge in [-0.2, -0.15) is 13.2 Å². The standard InChI is InChI=1S/C17H10ClF6N3O/c18-9-14-25-15(10-4-6-13(7-5-10)28-17(22,23)24)27(26-14)12-3-1-2-11(8-12)16(19,20)21/h1-8H,9H2. The van der Waals surface area contributed by atoms with Crippen molar-refractivity contribution in [1.82, 2.24) is 14.8 Å². The second-order valence-corrected chi connectivity index (χ2v) is 5.78. The lowest BCUT2D eigenvalue weighted by molar-refractivity contribution is -0.274. The van der Waals surface area contributed by atoms with Gasteiger partial charge in [-0.3, -0.25) is 0 Å². The molecule has 3 rings (SSSR count). The number of ether oxygens (including phenoxy) is 1. The lowest BCUT2D eigenvalue weighted by Crippen LogP contribution is -2.16. The van der Waals surface area contributed by atoms with Gasteiger partial charge < -0.3 is 4.74 Å². The molecule has 1 aromatic heterocycles. The van der Waals surface area contributed by atoms with Crippen LogP contribution in [0.1, 0.15) is 11.4 Å². The molecule has 0 spiro atoms. The number of nitrogens with zero attached hydrogens (tertiary/aromatic N) is 3. The molecule has 11 heteroatoms. The number of hydrogen-bond acceptors (Lipinski definition) is 3. The molecule has 148 valence electrons. The fourth-order valence-electron chi connectivity index (χ4n) is 2.40. The summed E-state index contributed by atoms with van der Waals surface area (Å²) in [5, 5.41) is 4.08. The van der Waals surface area contributed by atoms with E-state index < -0.39 is 23.9 Å². The Morgan fingerprint density at radius 1 is 0.964 bits per heavy atom. The Kier molecular flexibility index (Phi) is 5.24. The third-order valence-electron chi connectivity index (χ3n) is 3.53. The summed E-state index contributed by atoms with van der Waals surface area (Å²) in [6, 6.07) is 9.10. The number of benzene rings is 2. The minimum atomic E-state index is -4.84. The third kappa shape index (κ3) is 4.56. The molecule has 0 N–H and O–H groups in total. The molecule has 0 aliphatic rings. The van der Waals surface area contributed by atoms with Crippen LogP contribution in [0.25, 0.3) is 17.1 Å². The Balaban J connectivity index is 2.03. The van der Waals surface area contributed by atoms with Crippen LogP contribution in [0, 0.1) is 0 Å². The average molecular weight is 422 g/mol. The number of halogens is 7. The number of rotatable bonds is 4. The fraction of sp³-hybridized carbons (Fsp3) is 0.176. The average Bonchev–Trinajstić information content (AvgIpc) is 3.05. The highest BCUT2D eigenvalue weighted by molar-refractivity contribution is 6.16. The Bertz CT molecular complexity index is 966. The summed E-state index contributed by atoms with van der Waals surface area (Å²) in [4.78, 5) is 4.15. The summed E-state index contributed by atoms with van der Waals surface area (Å²) in [7, 11) is 0. The van der Waals surface area contributed by atoms with E-state index in [0.717, 1.165) is 28.9 Å². The van der Waals surface area contributed by atoms with Crippen LogP contribution in [0.15, 0.2) is 48.5 Å². The van der Waals surface area contributed by atoms with Crippen LogP contribution in [0.5, 0.6) is 5.75 Å². The van der Waals surface area contributed by atoms with Crippen LogP contribution in [0.4, 0.5) is 26.3 Å². The first-order valence-corrected chi connectivity index (χ1v) is 8.16. The van der Waals surface area contributed by atoms with Gasteiger partial charge in [0.25, 0.3) is 0 Å². The van der Waals surface area contributed by atoms with Gasteiger partial charge in [0.15, 0.2) is 11.6 Å². The third-order valence-corrected chi connectivity index (χ3v) is 3.77. The zero-order valence-electron chi connectivity index (χ0n) is 13.7. The molecule has 1 heterocycles.